The van der Waals surface area contributed by atoms with Crippen molar-refractivity contribution in [2.24, 2.45) is 11.7 Å². The first-order valence-corrected chi connectivity index (χ1v) is 5.45. The van der Waals surface area contributed by atoms with E-state index in [1.807, 2.05) is 6.92 Å². The molecule has 3 nitrogen and oxygen atoms in total. The first-order valence-electron chi connectivity index (χ1n) is 5.45. The Morgan fingerprint density at radius 2 is 2.14 bits per heavy atom. The summed E-state index contributed by atoms with van der Waals surface area (Å²) in [4.78, 5) is 2.28. The first kappa shape index (κ1) is 11.5. The summed E-state index contributed by atoms with van der Waals surface area (Å²) in [6, 6.07) is 2.53. The highest BCUT2D eigenvalue weighted by molar-refractivity contribution is 4.97. The molecular formula is C11H21N3. The van der Waals surface area contributed by atoms with E-state index in [2.05, 4.69) is 24.9 Å². The van der Waals surface area contributed by atoms with Crippen molar-refractivity contribution in [3.8, 4) is 6.07 Å². The van der Waals surface area contributed by atoms with Gasteiger partial charge < -0.3 is 5.73 Å². The summed E-state index contributed by atoms with van der Waals surface area (Å²) in [5.41, 5.74) is 5.73. The zero-order chi connectivity index (χ0) is 10.7. The molecule has 80 valence electrons. The molecule has 0 aromatic rings. The van der Waals surface area contributed by atoms with Crippen LogP contribution in [0.3, 0.4) is 0 Å². The van der Waals surface area contributed by atoms with Gasteiger partial charge in [-0.25, -0.2) is 0 Å². The molecule has 14 heavy (non-hydrogen) atoms. The maximum atomic E-state index is 8.76. The molecule has 1 aliphatic rings. The highest BCUT2D eigenvalue weighted by Gasteiger charge is 2.31. The Kier molecular flexibility index (Phi) is 3.91. The maximum Gasteiger partial charge on any atom is 0.108 e. The van der Waals surface area contributed by atoms with Crippen molar-refractivity contribution < 1.29 is 0 Å². The zero-order valence-electron chi connectivity index (χ0n) is 9.40. The molecule has 2 N–H and O–H groups in total. The summed E-state index contributed by atoms with van der Waals surface area (Å²) in [6.45, 7) is 4.33. The summed E-state index contributed by atoms with van der Waals surface area (Å²) in [5, 5.41) is 8.76. The van der Waals surface area contributed by atoms with E-state index in [9.17, 15) is 0 Å². The van der Waals surface area contributed by atoms with Crippen molar-refractivity contribution in [2.75, 3.05) is 7.05 Å². The fraction of sp³-hybridized carbons (Fsp3) is 0.909. The molecule has 1 fully saturated rings. The average Bonchev–Trinajstić information content (AvgIpc) is 2.61. The van der Waals surface area contributed by atoms with Crippen LogP contribution in [0.25, 0.3) is 0 Å². The Morgan fingerprint density at radius 1 is 1.50 bits per heavy atom. The summed E-state index contributed by atoms with van der Waals surface area (Å²) < 4.78 is 0. The van der Waals surface area contributed by atoms with E-state index < -0.39 is 0 Å². The second kappa shape index (κ2) is 4.77. The number of nitriles is 1. The van der Waals surface area contributed by atoms with E-state index >= 15 is 0 Å². The van der Waals surface area contributed by atoms with Crippen LogP contribution in [0.4, 0.5) is 0 Å². The van der Waals surface area contributed by atoms with E-state index in [1.54, 1.807) is 0 Å². The molecule has 4 unspecified atom stereocenters. The lowest BCUT2D eigenvalue weighted by Crippen LogP contribution is -2.48. The fourth-order valence-corrected chi connectivity index (χ4v) is 2.39. The summed E-state index contributed by atoms with van der Waals surface area (Å²) in [5.74, 6) is 0.744. The molecule has 1 rings (SSSR count). The van der Waals surface area contributed by atoms with Crippen LogP contribution < -0.4 is 5.73 Å². The van der Waals surface area contributed by atoms with E-state index in [4.69, 9.17) is 11.0 Å². The van der Waals surface area contributed by atoms with Gasteiger partial charge in [0.1, 0.15) is 6.04 Å². The predicted octanol–water partition coefficient (Wildman–Crippen LogP) is 1.35. The van der Waals surface area contributed by atoms with Crippen LogP contribution in [0, 0.1) is 17.2 Å². The van der Waals surface area contributed by atoms with Gasteiger partial charge in [-0.1, -0.05) is 13.3 Å². The third-order valence-electron chi connectivity index (χ3n) is 3.65. The minimum absolute atomic E-state index is 0.158. The van der Waals surface area contributed by atoms with Crippen molar-refractivity contribution in [3.63, 3.8) is 0 Å². The van der Waals surface area contributed by atoms with Gasteiger partial charge in [0.25, 0.3) is 0 Å². The molecule has 0 bridgehead atoms. The van der Waals surface area contributed by atoms with E-state index in [0.29, 0.717) is 6.04 Å². The quantitative estimate of drug-likeness (QED) is 0.739. The van der Waals surface area contributed by atoms with Crippen molar-refractivity contribution in [3.05, 3.63) is 0 Å². The molecule has 0 saturated heterocycles. The minimum Gasteiger partial charge on any atom is -0.315 e. The molecular weight excluding hydrogens is 174 g/mol. The lowest BCUT2D eigenvalue weighted by molar-refractivity contribution is 0.148. The monoisotopic (exact) mass is 195 g/mol. The number of likely N-dealkylation sites (N-methyl/N-ethyl adjacent to an activating group) is 1. The van der Waals surface area contributed by atoms with Gasteiger partial charge in [0, 0.05) is 12.1 Å². The van der Waals surface area contributed by atoms with Gasteiger partial charge in [-0.3, -0.25) is 4.90 Å². The zero-order valence-corrected chi connectivity index (χ0v) is 9.40. The van der Waals surface area contributed by atoms with Crippen molar-refractivity contribution in [1.29, 1.82) is 5.26 Å². The van der Waals surface area contributed by atoms with Crippen LogP contribution in [-0.4, -0.2) is 30.1 Å². The topological polar surface area (TPSA) is 53.0 Å². The molecule has 0 heterocycles. The highest BCUT2D eigenvalue weighted by atomic mass is 15.2. The lowest BCUT2D eigenvalue weighted by atomic mass is 10.0. The van der Waals surface area contributed by atoms with Crippen LogP contribution >= 0.6 is 0 Å². The largest absolute Gasteiger partial charge is 0.315 e. The average molecular weight is 195 g/mol. The lowest BCUT2D eigenvalue weighted by Gasteiger charge is -2.34. The number of nitrogens with zero attached hydrogens (tertiary/aromatic N) is 2. The number of hydrogen-bond acceptors (Lipinski definition) is 3. The van der Waals surface area contributed by atoms with Crippen LogP contribution in [0.5, 0.6) is 0 Å². The third-order valence-corrected chi connectivity index (χ3v) is 3.65. The summed E-state index contributed by atoms with van der Waals surface area (Å²) in [7, 11) is 2.09. The first-order chi connectivity index (χ1) is 6.57. The molecule has 1 aliphatic carbocycles. The van der Waals surface area contributed by atoms with E-state index in [-0.39, 0.29) is 12.1 Å². The van der Waals surface area contributed by atoms with Gasteiger partial charge in [0.2, 0.25) is 0 Å². The number of hydrogen-bond donors (Lipinski definition) is 1. The van der Waals surface area contributed by atoms with Gasteiger partial charge >= 0.3 is 0 Å². The van der Waals surface area contributed by atoms with Crippen LogP contribution in [0.15, 0.2) is 0 Å². The van der Waals surface area contributed by atoms with Gasteiger partial charge in [-0.2, -0.15) is 5.26 Å². The normalized spacial score (nSPS) is 31.4. The summed E-state index contributed by atoms with van der Waals surface area (Å²) in [6.07, 6.45) is 3.87. The molecule has 0 amide bonds. The Bertz CT molecular complexity index is 221. The number of nitrogens with two attached hydrogens (primary N) is 1. The van der Waals surface area contributed by atoms with Crippen molar-refractivity contribution in [1.82, 2.24) is 4.90 Å². The van der Waals surface area contributed by atoms with Gasteiger partial charge in [0.05, 0.1) is 6.07 Å². The van der Waals surface area contributed by atoms with E-state index in [0.717, 1.165) is 5.92 Å². The van der Waals surface area contributed by atoms with Crippen LogP contribution in [0.1, 0.15) is 33.1 Å². The Labute approximate surface area is 86.9 Å². The molecule has 0 spiro atoms. The summed E-state index contributed by atoms with van der Waals surface area (Å²) >= 11 is 0. The predicted molar refractivity (Wildman–Crippen MR) is 57.6 cm³/mol. The smallest absolute Gasteiger partial charge is 0.108 e. The molecule has 0 aromatic carbocycles. The second-order valence-electron chi connectivity index (χ2n) is 4.54. The molecule has 0 radical (unpaired) electrons. The van der Waals surface area contributed by atoms with E-state index in [1.165, 1.54) is 19.3 Å². The molecule has 3 heteroatoms. The maximum absolute atomic E-state index is 8.76. The third kappa shape index (κ3) is 2.26. The Hall–Kier alpha value is -0.590. The SMILES string of the molecule is CC1CCCC1N(C)C(C)C(N)C#N. The molecule has 0 aliphatic heterocycles. The minimum atomic E-state index is -0.368. The molecule has 1 saturated carbocycles. The molecule has 0 aromatic heterocycles. The standard InChI is InChI=1S/C11H21N3/c1-8-5-4-6-11(8)14(3)9(2)10(13)7-12/h8-11H,4-6,13H2,1-3H3. The van der Waals surface area contributed by atoms with Gasteiger partial charge in [0.15, 0.2) is 0 Å². The van der Waals surface area contributed by atoms with Crippen LogP contribution in [0.2, 0.25) is 0 Å². The second-order valence-corrected chi connectivity index (χ2v) is 4.54. The Morgan fingerprint density at radius 3 is 2.57 bits per heavy atom. The Balaban J connectivity index is 2.56. The molecule has 4 atom stereocenters. The van der Waals surface area contributed by atoms with Gasteiger partial charge in [-0.05, 0) is 32.7 Å². The van der Waals surface area contributed by atoms with Crippen molar-refractivity contribution >= 4 is 0 Å². The van der Waals surface area contributed by atoms with Crippen LogP contribution in [-0.2, 0) is 0 Å². The van der Waals surface area contributed by atoms with Gasteiger partial charge in [-0.15, -0.1) is 0 Å². The fourth-order valence-electron chi connectivity index (χ4n) is 2.39. The number of rotatable bonds is 3. The highest BCUT2D eigenvalue weighted by Crippen LogP contribution is 2.29. The van der Waals surface area contributed by atoms with Crippen molar-refractivity contribution in [2.45, 2.75) is 51.2 Å².